The Balaban J connectivity index is 1.46. The van der Waals surface area contributed by atoms with Gasteiger partial charge in [-0.2, -0.15) is 4.31 Å². The quantitative estimate of drug-likeness (QED) is 0.719. The van der Waals surface area contributed by atoms with Crippen LogP contribution in [0.1, 0.15) is 18.4 Å². The van der Waals surface area contributed by atoms with Crippen molar-refractivity contribution < 1.29 is 18.0 Å². The minimum atomic E-state index is -3.55. The van der Waals surface area contributed by atoms with Crippen LogP contribution in [-0.2, 0) is 19.6 Å². The molecule has 2 N–H and O–H groups in total. The Morgan fingerprint density at radius 1 is 1.14 bits per heavy atom. The minimum absolute atomic E-state index is 0.117. The minimum Gasteiger partial charge on any atom is -0.348 e. The molecular weight excluding hydrogens is 392 g/mol. The molecule has 1 aliphatic rings. The van der Waals surface area contributed by atoms with Crippen molar-refractivity contribution in [1.29, 1.82) is 0 Å². The van der Waals surface area contributed by atoms with Gasteiger partial charge in [0, 0.05) is 37.7 Å². The fourth-order valence-electron chi connectivity index (χ4n) is 3.23. The van der Waals surface area contributed by atoms with Crippen LogP contribution in [0.5, 0.6) is 0 Å². The van der Waals surface area contributed by atoms with E-state index in [0.717, 1.165) is 5.56 Å². The third-order valence-electron chi connectivity index (χ3n) is 4.88. The molecular formula is C20H24N4O4S. The van der Waals surface area contributed by atoms with Crippen LogP contribution in [-0.4, -0.2) is 49.2 Å². The lowest BCUT2D eigenvalue weighted by atomic mass is 9.98. The summed E-state index contributed by atoms with van der Waals surface area (Å²) in [5.74, 6) is -1.30. The molecule has 2 heterocycles. The van der Waals surface area contributed by atoms with Crippen molar-refractivity contribution in [2.24, 2.45) is 5.92 Å². The van der Waals surface area contributed by atoms with Crippen LogP contribution < -0.4 is 10.6 Å². The predicted octanol–water partition coefficient (Wildman–Crippen LogP) is 1.55. The van der Waals surface area contributed by atoms with Crippen LogP contribution in [0.3, 0.4) is 0 Å². The number of nitrogens with one attached hydrogen (secondary N) is 2. The van der Waals surface area contributed by atoms with E-state index in [1.54, 1.807) is 24.3 Å². The zero-order valence-corrected chi connectivity index (χ0v) is 17.0. The highest BCUT2D eigenvalue weighted by atomic mass is 32.2. The number of pyridine rings is 1. The monoisotopic (exact) mass is 416 g/mol. The first-order valence-corrected chi connectivity index (χ1v) is 10.9. The first-order valence-electron chi connectivity index (χ1n) is 9.42. The summed E-state index contributed by atoms with van der Waals surface area (Å²) < 4.78 is 26.7. The second kappa shape index (κ2) is 9.15. The van der Waals surface area contributed by atoms with E-state index in [1.165, 1.54) is 22.8 Å². The van der Waals surface area contributed by atoms with E-state index < -0.39 is 21.8 Å². The molecule has 3 rings (SSSR count). The number of aromatic nitrogens is 1. The summed E-state index contributed by atoms with van der Waals surface area (Å²) >= 11 is 0. The number of anilines is 1. The topological polar surface area (TPSA) is 108 Å². The van der Waals surface area contributed by atoms with Crippen LogP contribution in [0, 0.1) is 12.8 Å². The van der Waals surface area contributed by atoms with Crippen molar-refractivity contribution in [3.63, 3.8) is 0 Å². The van der Waals surface area contributed by atoms with Crippen LogP contribution in [0.15, 0.2) is 53.7 Å². The van der Waals surface area contributed by atoms with Crippen LogP contribution in [0.4, 0.5) is 5.69 Å². The second-order valence-electron chi connectivity index (χ2n) is 7.07. The zero-order valence-electron chi connectivity index (χ0n) is 16.2. The van der Waals surface area contributed by atoms with Gasteiger partial charge >= 0.3 is 11.8 Å². The summed E-state index contributed by atoms with van der Waals surface area (Å²) in [6, 6.07) is 10.3. The third-order valence-corrected chi connectivity index (χ3v) is 6.76. The van der Waals surface area contributed by atoms with Gasteiger partial charge in [-0.1, -0.05) is 12.1 Å². The number of aryl methyl sites for hydroxylation is 1. The van der Waals surface area contributed by atoms with Gasteiger partial charge in [-0.25, -0.2) is 8.42 Å². The van der Waals surface area contributed by atoms with Gasteiger partial charge in [0.25, 0.3) is 0 Å². The molecule has 1 aliphatic heterocycles. The lowest BCUT2D eigenvalue weighted by Gasteiger charge is -2.31. The van der Waals surface area contributed by atoms with Crippen molar-refractivity contribution in [1.82, 2.24) is 14.6 Å². The molecule has 0 aliphatic carbocycles. The van der Waals surface area contributed by atoms with Crippen molar-refractivity contribution in [2.45, 2.75) is 24.7 Å². The summed E-state index contributed by atoms with van der Waals surface area (Å²) in [6.45, 7) is 2.97. The summed E-state index contributed by atoms with van der Waals surface area (Å²) in [4.78, 5) is 28.1. The maximum Gasteiger partial charge on any atom is 0.313 e. The molecule has 1 fully saturated rings. The van der Waals surface area contributed by atoms with Gasteiger partial charge in [-0.15, -0.1) is 0 Å². The number of piperidine rings is 1. The molecule has 8 nitrogen and oxygen atoms in total. The highest BCUT2D eigenvalue weighted by molar-refractivity contribution is 7.89. The second-order valence-corrected chi connectivity index (χ2v) is 9.01. The molecule has 29 heavy (non-hydrogen) atoms. The Morgan fingerprint density at radius 3 is 2.55 bits per heavy atom. The van der Waals surface area contributed by atoms with E-state index in [-0.39, 0.29) is 10.8 Å². The van der Waals surface area contributed by atoms with E-state index in [2.05, 4.69) is 15.6 Å². The van der Waals surface area contributed by atoms with Gasteiger partial charge < -0.3 is 10.6 Å². The van der Waals surface area contributed by atoms with E-state index >= 15 is 0 Å². The predicted molar refractivity (Wildman–Crippen MR) is 109 cm³/mol. The number of nitrogens with zero attached hydrogens (tertiary/aromatic N) is 2. The molecule has 2 amide bonds. The molecule has 0 atom stereocenters. The standard InChI is InChI=1S/C20H24N4O4S/c1-15-4-2-5-17(12-15)23-20(26)19(25)22-13-16-7-10-24(11-8-16)29(27,28)18-6-3-9-21-14-18/h2-6,9,12,14,16H,7-8,10-11,13H2,1H3,(H,22,25)(H,23,26). The number of benzene rings is 1. The molecule has 1 aromatic carbocycles. The van der Waals surface area contributed by atoms with Crippen LogP contribution in [0.25, 0.3) is 0 Å². The average Bonchev–Trinajstić information content (AvgIpc) is 2.73. The Hall–Kier alpha value is -2.78. The van der Waals surface area contributed by atoms with Gasteiger partial charge in [-0.3, -0.25) is 14.6 Å². The van der Waals surface area contributed by atoms with Gasteiger partial charge in [-0.05, 0) is 55.5 Å². The average molecular weight is 417 g/mol. The van der Waals surface area contributed by atoms with Crippen molar-refractivity contribution in [2.75, 3.05) is 25.0 Å². The summed E-state index contributed by atoms with van der Waals surface area (Å²) in [7, 11) is -3.55. The summed E-state index contributed by atoms with van der Waals surface area (Å²) in [5, 5.41) is 5.21. The molecule has 1 saturated heterocycles. The van der Waals surface area contributed by atoms with E-state index in [1.807, 2.05) is 13.0 Å². The highest BCUT2D eigenvalue weighted by Gasteiger charge is 2.29. The number of carbonyl (C=O) groups excluding carboxylic acids is 2. The molecule has 1 aromatic heterocycles. The van der Waals surface area contributed by atoms with Gasteiger partial charge in [0.15, 0.2) is 0 Å². The normalized spacial score (nSPS) is 15.6. The van der Waals surface area contributed by atoms with E-state index in [9.17, 15) is 18.0 Å². The molecule has 9 heteroatoms. The van der Waals surface area contributed by atoms with E-state index in [4.69, 9.17) is 0 Å². The number of hydrogen-bond acceptors (Lipinski definition) is 5. The van der Waals surface area contributed by atoms with E-state index in [0.29, 0.717) is 38.2 Å². The van der Waals surface area contributed by atoms with Crippen LogP contribution >= 0.6 is 0 Å². The molecule has 0 radical (unpaired) electrons. The Bertz CT molecular complexity index is 971. The SMILES string of the molecule is Cc1cccc(NC(=O)C(=O)NCC2CCN(S(=O)(=O)c3cccnc3)CC2)c1. The Kier molecular flexibility index (Phi) is 6.60. The third kappa shape index (κ3) is 5.39. The number of amides is 2. The van der Waals surface area contributed by atoms with Gasteiger partial charge in [0.1, 0.15) is 4.90 Å². The summed E-state index contributed by atoms with van der Waals surface area (Å²) in [5.41, 5.74) is 1.55. The number of rotatable bonds is 5. The van der Waals surface area contributed by atoms with Crippen molar-refractivity contribution >= 4 is 27.5 Å². The Morgan fingerprint density at radius 2 is 1.90 bits per heavy atom. The van der Waals surface area contributed by atoms with Gasteiger partial charge in [0.2, 0.25) is 10.0 Å². The van der Waals surface area contributed by atoms with Crippen molar-refractivity contribution in [3.8, 4) is 0 Å². The maximum absolute atomic E-state index is 12.6. The molecule has 0 unspecified atom stereocenters. The molecule has 0 bridgehead atoms. The first-order chi connectivity index (χ1) is 13.9. The fourth-order valence-corrected chi connectivity index (χ4v) is 4.66. The first kappa shape index (κ1) is 20.9. The molecule has 0 spiro atoms. The largest absolute Gasteiger partial charge is 0.348 e. The maximum atomic E-state index is 12.6. The van der Waals surface area contributed by atoms with Crippen molar-refractivity contribution in [3.05, 3.63) is 54.4 Å². The number of hydrogen-bond donors (Lipinski definition) is 2. The van der Waals surface area contributed by atoms with Crippen LogP contribution in [0.2, 0.25) is 0 Å². The number of carbonyl (C=O) groups is 2. The summed E-state index contributed by atoms with van der Waals surface area (Å²) in [6.07, 6.45) is 4.09. The highest BCUT2D eigenvalue weighted by Crippen LogP contribution is 2.23. The zero-order chi connectivity index (χ0) is 20.9. The fraction of sp³-hybridized carbons (Fsp3) is 0.350. The molecule has 154 valence electrons. The number of sulfonamides is 1. The Labute approximate surface area is 170 Å². The molecule has 0 saturated carbocycles. The van der Waals surface area contributed by atoms with Gasteiger partial charge in [0.05, 0.1) is 0 Å². The lowest BCUT2D eigenvalue weighted by Crippen LogP contribution is -2.43. The molecule has 2 aromatic rings. The smallest absolute Gasteiger partial charge is 0.313 e. The lowest BCUT2D eigenvalue weighted by molar-refractivity contribution is -0.136.